The van der Waals surface area contributed by atoms with E-state index in [-0.39, 0.29) is 24.0 Å². The molecule has 24 heavy (non-hydrogen) atoms. The fourth-order valence-electron chi connectivity index (χ4n) is 3.07. The summed E-state index contributed by atoms with van der Waals surface area (Å²) in [5.74, 6) is 2.00. The lowest BCUT2D eigenvalue weighted by Gasteiger charge is -2.17. The first kappa shape index (κ1) is 21.5. The van der Waals surface area contributed by atoms with Gasteiger partial charge < -0.3 is 15.2 Å². The van der Waals surface area contributed by atoms with Crippen molar-refractivity contribution in [3.05, 3.63) is 5.82 Å². The summed E-state index contributed by atoms with van der Waals surface area (Å²) in [7, 11) is 1.80. The number of nitrogens with zero attached hydrogens (tertiary/aromatic N) is 4. The number of aryl methyl sites for hydroxylation is 1. The summed E-state index contributed by atoms with van der Waals surface area (Å²) in [4.78, 5) is 4.23. The zero-order valence-electron chi connectivity index (χ0n) is 15.2. The van der Waals surface area contributed by atoms with Crippen LogP contribution in [0.5, 0.6) is 0 Å². The molecule has 0 aromatic carbocycles. The molecule has 6 nitrogen and oxygen atoms in total. The van der Waals surface area contributed by atoms with E-state index in [9.17, 15) is 0 Å². The summed E-state index contributed by atoms with van der Waals surface area (Å²) in [6.45, 7) is 5.11. The van der Waals surface area contributed by atoms with Crippen LogP contribution in [0.4, 0.5) is 0 Å². The number of aromatic nitrogens is 3. The number of hydrogen-bond acceptors (Lipinski definition) is 4. The lowest BCUT2D eigenvalue weighted by atomic mass is 10.2. The molecule has 1 aromatic rings. The minimum atomic E-state index is 0. The Kier molecular flexibility index (Phi) is 10.0. The summed E-state index contributed by atoms with van der Waals surface area (Å²) in [5.41, 5.74) is 0. The van der Waals surface area contributed by atoms with Gasteiger partial charge in [0.15, 0.2) is 11.1 Å². The fraction of sp³-hybridized carbons (Fsp3) is 0.812. The van der Waals surface area contributed by atoms with Gasteiger partial charge in [0.05, 0.1) is 0 Å². The first-order valence-electron chi connectivity index (χ1n) is 8.60. The van der Waals surface area contributed by atoms with Crippen LogP contribution in [0.3, 0.4) is 0 Å². The smallest absolute Gasteiger partial charge is 0.191 e. The molecule has 1 aliphatic rings. The van der Waals surface area contributed by atoms with Gasteiger partial charge in [-0.05, 0) is 39.4 Å². The molecule has 138 valence electrons. The van der Waals surface area contributed by atoms with Gasteiger partial charge in [-0.2, -0.15) is 0 Å². The molecule has 1 saturated carbocycles. The zero-order chi connectivity index (χ0) is 16.7. The lowest BCUT2D eigenvalue weighted by Crippen LogP contribution is -2.41. The SMILES string of the molecule is CN=C(NCCCc1nnc(SC)n1C1CCCC1)NC(C)C.I. The molecule has 1 fully saturated rings. The highest BCUT2D eigenvalue weighted by atomic mass is 127. The van der Waals surface area contributed by atoms with E-state index in [2.05, 4.69) is 50.5 Å². The van der Waals surface area contributed by atoms with Gasteiger partial charge in [-0.15, -0.1) is 34.2 Å². The third-order valence-electron chi connectivity index (χ3n) is 4.13. The third kappa shape index (κ3) is 6.09. The first-order valence-corrected chi connectivity index (χ1v) is 9.83. The second-order valence-electron chi connectivity index (χ2n) is 6.31. The molecule has 0 saturated heterocycles. The van der Waals surface area contributed by atoms with Crippen molar-refractivity contribution in [2.24, 2.45) is 4.99 Å². The molecule has 1 heterocycles. The van der Waals surface area contributed by atoms with Gasteiger partial charge in [0.2, 0.25) is 0 Å². The van der Waals surface area contributed by atoms with Crippen molar-refractivity contribution in [3.63, 3.8) is 0 Å². The maximum atomic E-state index is 4.44. The maximum Gasteiger partial charge on any atom is 0.191 e. The van der Waals surface area contributed by atoms with Crippen LogP contribution < -0.4 is 10.6 Å². The van der Waals surface area contributed by atoms with E-state index in [1.165, 1.54) is 25.7 Å². The Hall–Kier alpha value is -0.510. The van der Waals surface area contributed by atoms with Crippen molar-refractivity contribution in [1.29, 1.82) is 0 Å². The highest BCUT2D eigenvalue weighted by Crippen LogP contribution is 2.33. The van der Waals surface area contributed by atoms with E-state index < -0.39 is 0 Å². The van der Waals surface area contributed by atoms with Crippen molar-refractivity contribution >= 4 is 41.7 Å². The van der Waals surface area contributed by atoms with Crippen molar-refractivity contribution in [2.75, 3.05) is 19.8 Å². The summed E-state index contributed by atoms with van der Waals surface area (Å²) in [6, 6.07) is 0.988. The summed E-state index contributed by atoms with van der Waals surface area (Å²) >= 11 is 1.70. The fourth-order valence-corrected chi connectivity index (χ4v) is 3.64. The second kappa shape index (κ2) is 11.2. The predicted octanol–water partition coefficient (Wildman–Crippen LogP) is 3.24. The van der Waals surface area contributed by atoms with E-state index in [0.29, 0.717) is 12.1 Å². The first-order chi connectivity index (χ1) is 11.2. The van der Waals surface area contributed by atoms with Crippen LogP contribution >= 0.6 is 35.7 Å². The van der Waals surface area contributed by atoms with Crippen molar-refractivity contribution < 1.29 is 0 Å². The highest BCUT2D eigenvalue weighted by Gasteiger charge is 2.23. The molecule has 0 bridgehead atoms. The molecule has 8 heteroatoms. The molecule has 0 spiro atoms. The minimum absolute atomic E-state index is 0. The van der Waals surface area contributed by atoms with Gasteiger partial charge in [0, 0.05) is 32.1 Å². The highest BCUT2D eigenvalue weighted by molar-refractivity contribution is 14.0. The number of thioether (sulfide) groups is 1. The average molecular weight is 466 g/mol. The molecular weight excluding hydrogens is 435 g/mol. The number of hydrogen-bond donors (Lipinski definition) is 2. The Bertz CT molecular complexity index is 511. The Morgan fingerprint density at radius 2 is 2.04 bits per heavy atom. The largest absolute Gasteiger partial charge is 0.356 e. The molecule has 0 amide bonds. The van der Waals surface area contributed by atoms with Crippen LogP contribution in [0.1, 0.15) is 57.8 Å². The normalized spacial score (nSPS) is 15.6. The predicted molar refractivity (Wildman–Crippen MR) is 113 cm³/mol. The van der Waals surface area contributed by atoms with Crippen molar-refractivity contribution in [1.82, 2.24) is 25.4 Å². The van der Waals surface area contributed by atoms with Gasteiger partial charge in [0.25, 0.3) is 0 Å². The van der Waals surface area contributed by atoms with Gasteiger partial charge in [-0.1, -0.05) is 24.6 Å². The monoisotopic (exact) mass is 466 g/mol. The zero-order valence-corrected chi connectivity index (χ0v) is 18.4. The Labute approximate surface area is 167 Å². The molecule has 1 aliphatic carbocycles. The lowest BCUT2D eigenvalue weighted by molar-refractivity contribution is 0.460. The molecule has 0 atom stereocenters. The molecule has 0 unspecified atom stereocenters. The van der Waals surface area contributed by atoms with Gasteiger partial charge >= 0.3 is 0 Å². The van der Waals surface area contributed by atoms with Gasteiger partial charge in [0.1, 0.15) is 5.82 Å². The number of halogens is 1. The second-order valence-corrected chi connectivity index (χ2v) is 7.09. The number of nitrogens with one attached hydrogen (secondary N) is 2. The van der Waals surface area contributed by atoms with Gasteiger partial charge in [-0.25, -0.2) is 0 Å². The summed E-state index contributed by atoms with van der Waals surface area (Å²) < 4.78 is 2.39. The summed E-state index contributed by atoms with van der Waals surface area (Å²) in [5, 5.41) is 16.5. The van der Waals surface area contributed by atoms with Crippen molar-refractivity contribution in [2.45, 2.75) is 69.6 Å². The van der Waals surface area contributed by atoms with Crippen LogP contribution in [0, 0.1) is 0 Å². The molecular formula is C16H31IN6S. The molecule has 2 rings (SSSR count). The molecule has 0 aliphatic heterocycles. The van der Waals surface area contributed by atoms with E-state index in [1.807, 2.05) is 0 Å². The van der Waals surface area contributed by atoms with E-state index in [0.717, 1.165) is 36.3 Å². The average Bonchev–Trinajstić information content (AvgIpc) is 3.18. The summed E-state index contributed by atoms with van der Waals surface area (Å²) in [6.07, 6.45) is 9.25. The van der Waals surface area contributed by atoms with Crippen LogP contribution in [0.2, 0.25) is 0 Å². The number of guanidine groups is 1. The Morgan fingerprint density at radius 1 is 1.33 bits per heavy atom. The standard InChI is InChI=1S/C16H30N6S.HI/c1-12(2)19-15(17-3)18-11-7-10-14-20-21-16(23-4)22(14)13-8-5-6-9-13;/h12-13H,5-11H2,1-4H3,(H2,17,18,19);1H. The Balaban J connectivity index is 0.00000288. The minimum Gasteiger partial charge on any atom is -0.356 e. The quantitative estimate of drug-likeness (QED) is 0.212. The third-order valence-corrected chi connectivity index (χ3v) is 4.77. The molecule has 0 radical (unpaired) electrons. The molecule has 2 N–H and O–H groups in total. The topological polar surface area (TPSA) is 67.1 Å². The van der Waals surface area contributed by atoms with E-state index in [4.69, 9.17) is 0 Å². The van der Waals surface area contributed by atoms with Crippen molar-refractivity contribution in [3.8, 4) is 0 Å². The Morgan fingerprint density at radius 3 is 2.62 bits per heavy atom. The van der Waals surface area contributed by atoms with E-state index in [1.54, 1.807) is 18.8 Å². The van der Waals surface area contributed by atoms with Crippen LogP contribution in [-0.2, 0) is 6.42 Å². The van der Waals surface area contributed by atoms with Gasteiger partial charge in [-0.3, -0.25) is 4.99 Å². The number of aliphatic imine (C=N–C) groups is 1. The molecule has 1 aromatic heterocycles. The van der Waals surface area contributed by atoms with Crippen LogP contribution in [0.25, 0.3) is 0 Å². The van der Waals surface area contributed by atoms with Crippen LogP contribution in [0.15, 0.2) is 10.1 Å². The maximum absolute atomic E-state index is 4.44. The number of rotatable bonds is 7. The van der Waals surface area contributed by atoms with E-state index >= 15 is 0 Å². The van der Waals surface area contributed by atoms with Crippen LogP contribution in [-0.4, -0.2) is 46.6 Å².